The highest BCUT2D eigenvalue weighted by molar-refractivity contribution is 5.85. The van der Waals surface area contributed by atoms with E-state index >= 15 is 0 Å². The standard InChI is InChI=1S/C17H23NO3/c1-18(12-6-9-13-7-3-2-4-8-13)16(19)14-10-5-11-15(14)17(20)21/h2-4,7-8,14-15H,5-6,9-12H2,1H3,(H,20,21). The van der Waals surface area contributed by atoms with Crippen LogP contribution in [0, 0.1) is 11.8 Å². The van der Waals surface area contributed by atoms with E-state index < -0.39 is 11.9 Å². The van der Waals surface area contributed by atoms with Crippen LogP contribution < -0.4 is 0 Å². The van der Waals surface area contributed by atoms with Crippen LogP contribution in [0.2, 0.25) is 0 Å². The van der Waals surface area contributed by atoms with Gasteiger partial charge in [0.1, 0.15) is 0 Å². The molecular weight excluding hydrogens is 266 g/mol. The molecule has 0 spiro atoms. The van der Waals surface area contributed by atoms with Gasteiger partial charge in [-0.25, -0.2) is 0 Å². The Labute approximate surface area is 125 Å². The van der Waals surface area contributed by atoms with Gasteiger partial charge in [0.2, 0.25) is 5.91 Å². The van der Waals surface area contributed by atoms with E-state index in [-0.39, 0.29) is 11.8 Å². The van der Waals surface area contributed by atoms with Crippen LogP contribution in [-0.2, 0) is 16.0 Å². The van der Waals surface area contributed by atoms with E-state index in [1.165, 1.54) is 5.56 Å². The minimum atomic E-state index is -0.830. The maximum Gasteiger partial charge on any atom is 0.307 e. The minimum absolute atomic E-state index is 0.00652. The van der Waals surface area contributed by atoms with Gasteiger partial charge in [0.15, 0.2) is 0 Å². The molecule has 0 aliphatic heterocycles. The minimum Gasteiger partial charge on any atom is -0.481 e. The molecule has 114 valence electrons. The lowest BCUT2D eigenvalue weighted by Gasteiger charge is -2.23. The van der Waals surface area contributed by atoms with E-state index in [0.717, 1.165) is 19.3 Å². The smallest absolute Gasteiger partial charge is 0.307 e. The van der Waals surface area contributed by atoms with E-state index in [0.29, 0.717) is 19.4 Å². The number of carbonyl (C=O) groups excluding carboxylic acids is 1. The molecule has 0 saturated heterocycles. The highest BCUT2D eigenvalue weighted by atomic mass is 16.4. The molecule has 2 atom stereocenters. The zero-order valence-corrected chi connectivity index (χ0v) is 12.5. The molecule has 0 radical (unpaired) electrons. The zero-order valence-electron chi connectivity index (χ0n) is 12.5. The first-order chi connectivity index (χ1) is 10.1. The van der Waals surface area contributed by atoms with Crippen molar-refractivity contribution >= 4 is 11.9 Å². The van der Waals surface area contributed by atoms with Crippen molar-refractivity contribution in [1.82, 2.24) is 4.90 Å². The highest BCUT2D eigenvalue weighted by Crippen LogP contribution is 2.33. The molecule has 21 heavy (non-hydrogen) atoms. The van der Waals surface area contributed by atoms with Crippen LogP contribution >= 0.6 is 0 Å². The molecule has 1 aliphatic rings. The molecule has 2 rings (SSSR count). The van der Waals surface area contributed by atoms with E-state index in [9.17, 15) is 9.59 Å². The quantitative estimate of drug-likeness (QED) is 0.875. The molecule has 1 saturated carbocycles. The average Bonchev–Trinajstić information content (AvgIpc) is 2.97. The highest BCUT2D eigenvalue weighted by Gasteiger charge is 2.38. The fraction of sp³-hybridized carbons (Fsp3) is 0.529. The van der Waals surface area contributed by atoms with Crippen LogP contribution in [0.4, 0.5) is 0 Å². The second-order valence-corrected chi connectivity index (χ2v) is 5.83. The summed E-state index contributed by atoms with van der Waals surface area (Å²) in [6.45, 7) is 0.677. The number of aliphatic carboxylic acids is 1. The SMILES string of the molecule is CN(CCCc1ccccc1)C(=O)C1CCCC1C(=O)O. The maximum absolute atomic E-state index is 12.4. The number of hydrogen-bond donors (Lipinski definition) is 1. The first-order valence-corrected chi connectivity index (χ1v) is 7.61. The van der Waals surface area contributed by atoms with Gasteiger partial charge in [-0.3, -0.25) is 9.59 Å². The number of carbonyl (C=O) groups is 2. The van der Waals surface area contributed by atoms with Crippen LogP contribution in [-0.4, -0.2) is 35.5 Å². The van der Waals surface area contributed by atoms with E-state index in [4.69, 9.17) is 5.11 Å². The normalized spacial score (nSPS) is 21.2. The van der Waals surface area contributed by atoms with E-state index in [1.807, 2.05) is 18.2 Å². The van der Waals surface area contributed by atoms with Crippen molar-refractivity contribution in [1.29, 1.82) is 0 Å². The van der Waals surface area contributed by atoms with Crippen molar-refractivity contribution in [2.75, 3.05) is 13.6 Å². The number of benzene rings is 1. The first-order valence-electron chi connectivity index (χ1n) is 7.61. The monoisotopic (exact) mass is 289 g/mol. The summed E-state index contributed by atoms with van der Waals surface area (Å²) in [4.78, 5) is 25.2. The summed E-state index contributed by atoms with van der Waals surface area (Å²) >= 11 is 0. The lowest BCUT2D eigenvalue weighted by molar-refractivity contribution is -0.148. The Morgan fingerprint density at radius 3 is 2.52 bits per heavy atom. The lowest BCUT2D eigenvalue weighted by Crippen LogP contribution is -2.37. The molecule has 1 aromatic carbocycles. The maximum atomic E-state index is 12.4. The van der Waals surface area contributed by atoms with Crippen LogP contribution in [0.5, 0.6) is 0 Å². The van der Waals surface area contributed by atoms with Gasteiger partial charge in [0.25, 0.3) is 0 Å². The predicted molar refractivity (Wildman–Crippen MR) is 80.9 cm³/mol. The van der Waals surface area contributed by atoms with Gasteiger partial charge in [-0.15, -0.1) is 0 Å². The third-order valence-corrected chi connectivity index (χ3v) is 4.33. The number of amides is 1. The predicted octanol–water partition coefficient (Wildman–Crippen LogP) is 2.58. The number of hydrogen-bond acceptors (Lipinski definition) is 2. The van der Waals surface area contributed by atoms with Gasteiger partial charge >= 0.3 is 5.97 Å². The van der Waals surface area contributed by atoms with Crippen molar-refractivity contribution in [3.05, 3.63) is 35.9 Å². The third kappa shape index (κ3) is 4.06. The molecule has 1 amide bonds. The molecule has 0 heterocycles. The zero-order chi connectivity index (χ0) is 15.2. The summed E-state index contributed by atoms with van der Waals surface area (Å²) in [5.74, 6) is -1.66. The molecule has 2 unspecified atom stereocenters. The lowest BCUT2D eigenvalue weighted by atomic mass is 9.95. The fourth-order valence-corrected chi connectivity index (χ4v) is 3.11. The van der Waals surface area contributed by atoms with Crippen molar-refractivity contribution in [3.63, 3.8) is 0 Å². The molecule has 0 bridgehead atoms. The summed E-state index contributed by atoms with van der Waals surface area (Å²) in [5, 5.41) is 9.17. The van der Waals surface area contributed by atoms with Gasteiger partial charge in [-0.2, -0.15) is 0 Å². The molecule has 4 heteroatoms. The number of carboxylic acid groups (broad SMARTS) is 1. The Morgan fingerprint density at radius 1 is 1.19 bits per heavy atom. The Bertz CT molecular complexity index is 486. The van der Waals surface area contributed by atoms with Crippen LogP contribution in [0.25, 0.3) is 0 Å². The molecular formula is C17H23NO3. The average molecular weight is 289 g/mol. The van der Waals surface area contributed by atoms with E-state index in [2.05, 4.69) is 12.1 Å². The molecule has 1 aliphatic carbocycles. The Morgan fingerprint density at radius 2 is 1.86 bits per heavy atom. The van der Waals surface area contributed by atoms with Crippen molar-refractivity contribution in [2.24, 2.45) is 11.8 Å². The summed E-state index contributed by atoms with van der Waals surface area (Å²) < 4.78 is 0. The van der Waals surface area contributed by atoms with Crippen LogP contribution in [0.1, 0.15) is 31.2 Å². The second-order valence-electron chi connectivity index (χ2n) is 5.83. The van der Waals surface area contributed by atoms with Crippen molar-refractivity contribution in [3.8, 4) is 0 Å². The largest absolute Gasteiger partial charge is 0.481 e. The second kappa shape index (κ2) is 7.25. The molecule has 1 aromatic rings. The van der Waals surface area contributed by atoms with E-state index in [1.54, 1.807) is 11.9 Å². The fourth-order valence-electron chi connectivity index (χ4n) is 3.11. The van der Waals surface area contributed by atoms with Crippen molar-refractivity contribution < 1.29 is 14.7 Å². The molecule has 1 N–H and O–H groups in total. The Balaban J connectivity index is 1.81. The number of aryl methyl sites for hydroxylation is 1. The van der Waals surface area contributed by atoms with Gasteiger partial charge in [-0.1, -0.05) is 36.8 Å². The number of carboxylic acids is 1. The molecule has 1 fully saturated rings. The number of rotatable bonds is 6. The summed E-state index contributed by atoms with van der Waals surface area (Å²) in [6.07, 6.45) is 4.01. The van der Waals surface area contributed by atoms with Crippen LogP contribution in [0.15, 0.2) is 30.3 Å². The Hall–Kier alpha value is -1.84. The van der Waals surface area contributed by atoms with Gasteiger partial charge in [0.05, 0.1) is 11.8 Å². The summed E-state index contributed by atoms with van der Waals surface area (Å²) in [5.41, 5.74) is 1.27. The Kier molecular flexibility index (Phi) is 5.37. The number of nitrogens with zero attached hydrogens (tertiary/aromatic N) is 1. The topological polar surface area (TPSA) is 57.6 Å². The summed E-state index contributed by atoms with van der Waals surface area (Å²) in [7, 11) is 1.78. The molecule has 0 aromatic heterocycles. The first kappa shape index (κ1) is 15.5. The van der Waals surface area contributed by atoms with Crippen molar-refractivity contribution in [2.45, 2.75) is 32.1 Å². The van der Waals surface area contributed by atoms with Gasteiger partial charge in [-0.05, 0) is 31.2 Å². The summed E-state index contributed by atoms with van der Waals surface area (Å²) in [6, 6.07) is 10.2. The van der Waals surface area contributed by atoms with Gasteiger partial charge in [0, 0.05) is 13.6 Å². The molecule has 4 nitrogen and oxygen atoms in total. The van der Waals surface area contributed by atoms with Gasteiger partial charge < -0.3 is 10.0 Å². The third-order valence-electron chi connectivity index (χ3n) is 4.33. The van der Waals surface area contributed by atoms with Crippen LogP contribution in [0.3, 0.4) is 0 Å².